The van der Waals surface area contributed by atoms with Gasteiger partial charge < -0.3 is 10.2 Å². The number of aliphatic hydroxyl groups excluding tert-OH is 1. The summed E-state index contributed by atoms with van der Waals surface area (Å²) in [6.45, 7) is 5.65. The maximum Gasteiger partial charge on any atom is 0.227 e. The van der Waals surface area contributed by atoms with Crippen LogP contribution < -0.4 is 0 Å². The van der Waals surface area contributed by atoms with E-state index in [1.54, 1.807) is 19.1 Å². The number of alkyl halides is 1. The number of aldehydes is 1. The topological polar surface area (TPSA) is 91.7 Å². The van der Waals surface area contributed by atoms with Gasteiger partial charge >= 0.3 is 0 Å². The Balaban J connectivity index is 1.83. The molecule has 0 unspecified atom stereocenters. The predicted molar refractivity (Wildman–Crippen MR) is 104 cm³/mol. The Labute approximate surface area is 169 Å². The van der Waals surface area contributed by atoms with E-state index in [1.807, 2.05) is 19.9 Å². The van der Waals surface area contributed by atoms with E-state index >= 15 is 0 Å². The standard InChI is InChI=1S/C22H27ClO5/c1-11-6-14-18-15(23)8-12-7-13(25)4-5-20(12,2)19(18)16(26)9-21(14,3)22(11,28)17(27)10-24/h4-5,7,10-11,14-16,18-19,26,28H,6,8-9H2,1-3H3/t11-,14+,15-,16+,18-,19+,20+,21+,22+/m1/s1. The molecule has 0 bridgehead atoms. The third kappa shape index (κ3) is 2.24. The van der Waals surface area contributed by atoms with Crippen molar-refractivity contribution in [3.63, 3.8) is 0 Å². The highest BCUT2D eigenvalue weighted by molar-refractivity contribution is 6.29. The molecule has 4 rings (SSSR count). The van der Waals surface area contributed by atoms with Gasteiger partial charge in [-0.15, -0.1) is 11.6 Å². The van der Waals surface area contributed by atoms with Crippen LogP contribution in [0.1, 0.15) is 40.0 Å². The van der Waals surface area contributed by atoms with E-state index in [-0.39, 0.29) is 41.6 Å². The maximum absolute atomic E-state index is 12.5. The molecule has 6 heteroatoms. The molecule has 0 amide bonds. The predicted octanol–water partition coefficient (Wildman–Crippen LogP) is 2.23. The highest BCUT2D eigenvalue weighted by atomic mass is 35.5. The lowest BCUT2D eigenvalue weighted by molar-refractivity contribution is -0.180. The van der Waals surface area contributed by atoms with Crippen molar-refractivity contribution >= 4 is 29.5 Å². The summed E-state index contributed by atoms with van der Waals surface area (Å²) >= 11 is 6.84. The minimum absolute atomic E-state index is 0.0645. The van der Waals surface area contributed by atoms with Gasteiger partial charge in [-0.05, 0) is 49.2 Å². The summed E-state index contributed by atoms with van der Waals surface area (Å²) in [5.41, 5.74) is -2.26. The van der Waals surface area contributed by atoms with Crippen LogP contribution in [0, 0.1) is 34.5 Å². The number of ketones is 2. The molecule has 0 aromatic rings. The molecule has 2 N–H and O–H groups in total. The zero-order chi connectivity index (χ0) is 20.6. The molecule has 4 aliphatic rings. The van der Waals surface area contributed by atoms with E-state index in [0.29, 0.717) is 12.8 Å². The van der Waals surface area contributed by atoms with Crippen molar-refractivity contribution in [3.05, 3.63) is 23.8 Å². The molecule has 0 heterocycles. The van der Waals surface area contributed by atoms with Crippen LogP contribution in [0.2, 0.25) is 0 Å². The molecule has 0 spiro atoms. The number of hydrogen-bond acceptors (Lipinski definition) is 5. The fourth-order valence-electron chi connectivity index (χ4n) is 7.19. The lowest BCUT2D eigenvalue weighted by Gasteiger charge is -2.60. The first-order chi connectivity index (χ1) is 13.0. The summed E-state index contributed by atoms with van der Waals surface area (Å²) < 4.78 is 0. The van der Waals surface area contributed by atoms with Gasteiger partial charge in [0.25, 0.3) is 0 Å². The molecule has 3 saturated carbocycles. The van der Waals surface area contributed by atoms with Crippen molar-refractivity contribution in [2.24, 2.45) is 34.5 Å². The molecule has 0 aromatic heterocycles. The van der Waals surface area contributed by atoms with Crippen LogP contribution in [0.4, 0.5) is 0 Å². The van der Waals surface area contributed by atoms with E-state index in [9.17, 15) is 24.6 Å². The molecule has 5 nitrogen and oxygen atoms in total. The van der Waals surface area contributed by atoms with Gasteiger partial charge in [0, 0.05) is 22.1 Å². The SMILES string of the molecule is C[C@@H]1C[C@H]2[C@H]3[C@H]([C@@H](O)C[C@]2(C)[C@@]1(O)C(=O)C=O)[C@@]1(C)C=CC(=O)C=C1C[C@H]3Cl. The Morgan fingerprint density at radius 1 is 1.36 bits per heavy atom. The number of rotatable bonds is 2. The average Bonchev–Trinajstić information content (AvgIpc) is 2.83. The largest absolute Gasteiger partial charge is 0.393 e. The van der Waals surface area contributed by atoms with Gasteiger partial charge in [0.05, 0.1) is 6.10 Å². The third-order valence-electron chi connectivity index (χ3n) is 8.55. The molecule has 4 aliphatic carbocycles. The van der Waals surface area contributed by atoms with Gasteiger partial charge in [0.1, 0.15) is 5.60 Å². The van der Waals surface area contributed by atoms with Crippen molar-refractivity contribution in [1.29, 1.82) is 0 Å². The minimum Gasteiger partial charge on any atom is -0.393 e. The van der Waals surface area contributed by atoms with Crippen LogP contribution >= 0.6 is 11.6 Å². The Morgan fingerprint density at radius 3 is 2.68 bits per heavy atom. The maximum atomic E-state index is 12.5. The van der Waals surface area contributed by atoms with E-state index in [1.165, 1.54) is 0 Å². The van der Waals surface area contributed by atoms with Crippen molar-refractivity contribution < 1.29 is 24.6 Å². The highest BCUT2D eigenvalue weighted by Crippen LogP contribution is 2.68. The van der Waals surface area contributed by atoms with Crippen molar-refractivity contribution in [2.75, 3.05) is 0 Å². The van der Waals surface area contributed by atoms with E-state index in [4.69, 9.17) is 11.6 Å². The molecular weight excluding hydrogens is 380 g/mol. The molecule has 0 radical (unpaired) electrons. The van der Waals surface area contributed by atoms with Crippen molar-refractivity contribution in [2.45, 2.75) is 57.1 Å². The summed E-state index contributed by atoms with van der Waals surface area (Å²) in [4.78, 5) is 35.7. The zero-order valence-corrected chi connectivity index (χ0v) is 17.1. The number of carbonyl (C=O) groups is 3. The van der Waals surface area contributed by atoms with Gasteiger partial charge in [0.15, 0.2) is 12.1 Å². The van der Waals surface area contributed by atoms with Gasteiger partial charge in [-0.1, -0.05) is 32.4 Å². The molecule has 0 aromatic carbocycles. The second kappa shape index (κ2) is 6.10. The van der Waals surface area contributed by atoms with Crippen LogP contribution in [0.25, 0.3) is 0 Å². The summed E-state index contributed by atoms with van der Waals surface area (Å²) in [5, 5.41) is 22.3. The van der Waals surface area contributed by atoms with Crippen LogP contribution in [-0.4, -0.2) is 45.1 Å². The third-order valence-corrected chi connectivity index (χ3v) is 8.99. The van der Waals surface area contributed by atoms with Crippen LogP contribution in [0.15, 0.2) is 23.8 Å². The normalized spacial score (nSPS) is 52.4. The Kier molecular flexibility index (Phi) is 4.36. The molecular formula is C22H27ClO5. The lowest BCUT2D eigenvalue weighted by Crippen LogP contribution is -2.64. The van der Waals surface area contributed by atoms with Crippen molar-refractivity contribution in [3.8, 4) is 0 Å². The Hall–Kier alpha value is -1.30. The Bertz CT molecular complexity index is 818. The number of carbonyl (C=O) groups excluding carboxylic acids is 3. The number of hydrogen-bond donors (Lipinski definition) is 2. The first kappa shape index (κ1) is 20.0. The molecule has 0 saturated heterocycles. The fraction of sp³-hybridized carbons (Fsp3) is 0.682. The van der Waals surface area contributed by atoms with Crippen LogP contribution in [0.3, 0.4) is 0 Å². The first-order valence-electron chi connectivity index (χ1n) is 9.99. The van der Waals surface area contributed by atoms with E-state index in [0.717, 1.165) is 5.57 Å². The number of fused-ring (bicyclic) bond motifs is 5. The van der Waals surface area contributed by atoms with Crippen LogP contribution in [-0.2, 0) is 14.4 Å². The lowest BCUT2D eigenvalue weighted by atomic mass is 9.46. The molecule has 28 heavy (non-hydrogen) atoms. The quantitative estimate of drug-likeness (QED) is 0.417. The first-order valence-corrected chi connectivity index (χ1v) is 10.4. The van der Waals surface area contributed by atoms with Gasteiger partial charge in [-0.2, -0.15) is 0 Å². The fourth-order valence-corrected chi connectivity index (χ4v) is 7.69. The summed E-state index contributed by atoms with van der Waals surface area (Å²) in [5.74, 6) is -1.72. The molecule has 3 fully saturated rings. The molecule has 9 atom stereocenters. The van der Waals surface area contributed by atoms with E-state index < -0.39 is 34.2 Å². The number of Topliss-reactive ketones (excluding diaryl/α,β-unsaturated/α-hetero) is 1. The molecule has 0 aliphatic heterocycles. The summed E-state index contributed by atoms with van der Waals surface area (Å²) in [7, 11) is 0. The number of aliphatic hydroxyl groups is 2. The smallest absolute Gasteiger partial charge is 0.227 e. The number of allylic oxidation sites excluding steroid dienone is 4. The monoisotopic (exact) mass is 406 g/mol. The van der Waals surface area contributed by atoms with Gasteiger partial charge in [-0.25, -0.2) is 0 Å². The zero-order valence-electron chi connectivity index (χ0n) is 16.4. The van der Waals surface area contributed by atoms with Crippen molar-refractivity contribution in [1.82, 2.24) is 0 Å². The summed E-state index contributed by atoms with van der Waals surface area (Å²) in [6, 6.07) is 0. The average molecular weight is 407 g/mol. The van der Waals surface area contributed by atoms with Gasteiger partial charge in [-0.3, -0.25) is 14.4 Å². The van der Waals surface area contributed by atoms with Gasteiger partial charge in [0.2, 0.25) is 5.78 Å². The Morgan fingerprint density at radius 2 is 2.04 bits per heavy atom. The summed E-state index contributed by atoms with van der Waals surface area (Å²) in [6.07, 6.45) is 5.79. The minimum atomic E-state index is -1.79. The highest BCUT2D eigenvalue weighted by Gasteiger charge is 2.71. The molecule has 152 valence electrons. The second-order valence-corrected chi connectivity index (χ2v) is 10.3. The van der Waals surface area contributed by atoms with Crippen LogP contribution in [0.5, 0.6) is 0 Å². The van der Waals surface area contributed by atoms with E-state index in [2.05, 4.69) is 0 Å². The number of halogens is 1. The second-order valence-electron chi connectivity index (χ2n) is 9.69.